The number of rotatable bonds is 8. The fraction of sp³-hybridized carbons (Fsp3) is 0.348. The average Bonchev–Trinajstić information content (AvgIpc) is 2.91. The second-order valence-corrected chi connectivity index (χ2v) is 6.47. The topological polar surface area (TPSA) is 52.8 Å². The first kappa shape index (κ1) is 21.3. The van der Waals surface area contributed by atoms with Gasteiger partial charge in [-0.3, -0.25) is 0 Å². The highest BCUT2D eigenvalue weighted by atomic mass is 16.5. The lowest BCUT2D eigenvalue weighted by Gasteiger charge is -2.14. The summed E-state index contributed by atoms with van der Waals surface area (Å²) in [5.74, 6) is 0.660. The Labute approximate surface area is 166 Å². The minimum atomic E-state index is -0.468. The predicted molar refractivity (Wildman–Crippen MR) is 113 cm³/mol. The molecule has 0 amide bonds. The second kappa shape index (κ2) is 9.77. The van der Waals surface area contributed by atoms with Crippen molar-refractivity contribution in [2.45, 2.75) is 39.7 Å². The summed E-state index contributed by atoms with van der Waals surface area (Å²) in [6, 6.07) is 2.17. The van der Waals surface area contributed by atoms with Gasteiger partial charge < -0.3 is 14.0 Å². The van der Waals surface area contributed by atoms with Gasteiger partial charge in [0.05, 0.1) is 31.8 Å². The monoisotopic (exact) mass is 380 g/mol. The lowest BCUT2D eigenvalue weighted by atomic mass is 10.1. The Morgan fingerprint density at radius 1 is 1.43 bits per heavy atom. The molecule has 1 aromatic heterocycles. The normalized spacial score (nSPS) is 14.8. The minimum absolute atomic E-state index is 0.259. The van der Waals surface area contributed by atoms with Crippen molar-refractivity contribution in [2.24, 2.45) is 4.99 Å². The van der Waals surface area contributed by atoms with Crippen LogP contribution >= 0.6 is 0 Å². The number of nitrogens with zero attached hydrogens (tertiary/aromatic N) is 2. The molecule has 1 aromatic rings. The van der Waals surface area contributed by atoms with Gasteiger partial charge in [-0.1, -0.05) is 32.2 Å². The molecule has 28 heavy (non-hydrogen) atoms. The van der Waals surface area contributed by atoms with Gasteiger partial charge in [-0.15, -0.1) is 0 Å². The number of hydrogen-bond donors (Lipinski definition) is 0. The van der Waals surface area contributed by atoms with Crippen molar-refractivity contribution in [1.29, 1.82) is 0 Å². The van der Waals surface area contributed by atoms with E-state index in [0.29, 0.717) is 18.2 Å². The molecular formula is C23H28N2O3. The van der Waals surface area contributed by atoms with E-state index in [1.807, 2.05) is 18.2 Å². The number of hydrogen-bond acceptors (Lipinski definition) is 4. The van der Waals surface area contributed by atoms with Crippen LogP contribution in [0.4, 0.5) is 0 Å². The summed E-state index contributed by atoms with van der Waals surface area (Å²) in [6.45, 7) is 10.5. The van der Waals surface area contributed by atoms with E-state index in [1.165, 1.54) is 12.8 Å². The van der Waals surface area contributed by atoms with Crippen molar-refractivity contribution in [3.8, 4) is 0 Å². The quantitative estimate of drug-likeness (QED) is 0.396. The molecule has 0 saturated heterocycles. The third-order valence-electron chi connectivity index (χ3n) is 4.76. The molecule has 0 bridgehead atoms. The van der Waals surface area contributed by atoms with Crippen molar-refractivity contribution in [2.75, 3.05) is 14.2 Å². The van der Waals surface area contributed by atoms with Crippen LogP contribution in [0.5, 0.6) is 0 Å². The van der Waals surface area contributed by atoms with Crippen molar-refractivity contribution in [3.63, 3.8) is 0 Å². The van der Waals surface area contributed by atoms with Gasteiger partial charge in [-0.05, 0) is 49.6 Å². The van der Waals surface area contributed by atoms with Gasteiger partial charge in [0.1, 0.15) is 11.5 Å². The predicted octanol–water partition coefficient (Wildman–Crippen LogP) is 2.97. The zero-order valence-electron chi connectivity index (χ0n) is 17.3. The first-order valence-corrected chi connectivity index (χ1v) is 9.35. The van der Waals surface area contributed by atoms with Gasteiger partial charge in [0, 0.05) is 10.9 Å². The van der Waals surface area contributed by atoms with Crippen LogP contribution in [-0.4, -0.2) is 30.5 Å². The molecule has 0 aliphatic heterocycles. The van der Waals surface area contributed by atoms with E-state index in [9.17, 15) is 4.79 Å². The SMILES string of the molecule is C=C/C(Cn1c(C(C)CC)cc2c1=C=CC=C(OC)C=2)=N\C(=C/C)C(=O)OC. The minimum Gasteiger partial charge on any atom is -0.497 e. The maximum atomic E-state index is 11.9. The first-order valence-electron chi connectivity index (χ1n) is 9.35. The van der Waals surface area contributed by atoms with Gasteiger partial charge in [0.2, 0.25) is 0 Å². The molecule has 1 unspecified atom stereocenters. The van der Waals surface area contributed by atoms with Gasteiger partial charge in [-0.2, -0.15) is 0 Å². The van der Waals surface area contributed by atoms with Crippen LogP contribution in [0.15, 0.2) is 53.4 Å². The molecule has 2 rings (SSSR count). The van der Waals surface area contributed by atoms with E-state index >= 15 is 0 Å². The standard InChI is InChI=1S/C23H28N2O3/c1-7-16(4)22-14-17-13-19(27-5)11-10-12-21(17)25(22)15-18(8-2)24-20(9-3)23(26)28-6/h8-11,13-14,16H,2,7,15H2,1,3-6H3/b20-9-,24-18+. The van der Waals surface area contributed by atoms with Gasteiger partial charge >= 0.3 is 5.97 Å². The van der Waals surface area contributed by atoms with E-state index in [1.54, 1.807) is 26.2 Å². The number of methoxy groups -OCH3 is 2. The lowest BCUT2D eigenvalue weighted by Crippen LogP contribution is -2.31. The fourth-order valence-corrected chi connectivity index (χ4v) is 2.98. The maximum Gasteiger partial charge on any atom is 0.356 e. The molecule has 5 heteroatoms. The van der Waals surface area contributed by atoms with E-state index in [4.69, 9.17) is 9.47 Å². The summed E-state index contributed by atoms with van der Waals surface area (Å²) in [5, 5.41) is 1.99. The molecule has 1 heterocycles. The number of aliphatic imine (C=N–C) groups is 1. The molecule has 5 nitrogen and oxygen atoms in total. The summed E-state index contributed by atoms with van der Waals surface area (Å²) in [7, 11) is 3.00. The van der Waals surface area contributed by atoms with Crippen molar-refractivity contribution < 1.29 is 14.3 Å². The van der Waals surface area contributed by atoms with Crippen LogP contribution in [-0.2, 0) is 20.8 Å². The van der Waals surface area contributed by atoms with Gasteiger partial charge in [-0.25, -0.2) is 9.79 Å². The van der Waals surface area contributed by atoms with Gasteiger partial charge in [0.25, 0.3) is 0 Å². The molecule has 0 saturated carbocycles. The number of carbonyl (C=O) groups excluding carboxylic acids is 1. The molecule has 1 atom stereocenters. The van der Waals surface area contributed by atoms with Crippen LogP contribution in [0, 0.1) is 0 Å². The summed E-state index contributed by atoms with van der Waals surface area (Å²) in [6.07, 6.45) is 10.0. The Balaban J connectivity index is 2.62. The molecule has 0 fully saturated rings. The summed E-state index contributed by atoms with van der Waals surface area (Å²) >= 11 is 0. The van der Waals surface area contributed by atoms with Crippen LogP contribution < -0.4 is 10.6 Å². The Morgan fingerprint density at radius 3 is 2.75 bits per heavy atom. The number of ether oxygens (including phenoxy) is 2. The molecule has 0 N–H and O–H groups in total. The van der Waals surface area contributed by atoms with E-state index < -0.39 is 5.97 Å². The Kier molecular flexibility index (Phi) is 7.42. The zero-order valence-corrected chi connectivity index (χ0v) is 17.3. The molecule has 0 aromatic carbocycles. The third-order valence-corrected chi connectivity index (χ3v) is 4.76. The number of allylic oxidation sites excluding steroid dienone is 5. The first-order chi connectivity index (χ1) is 13.5. The molecule has 0 spiro atoms. The zero-order chi connectivity index (χ0) is 20.7. The summed E-state index contributed by atoms with van der Waals surface area (Å²) in [4.78, 5) is 16.4. The number of carbonyl (C=O) groups is 1. The summed E-state index contributed by atoms with van der Waals surface area (Å²) < 4.78 is 12.4. The van der Waals surface area contributed by atoms with Crippen molar-refractivity contribution in [1.82, 2.24) is 4.57 Å². The van der Waals surface area contributed by atoms with E-state index in [-0.39, 0.29) is 5.70 Å². The highest BCUT2D eigenvalue weighted by molar-refractivity contribution is 5.99. The number of fused-ring (bicyclic) bond motifs is 1. The van der Waals surface area contributed by atoms with Crippen LogP contribution in [0.3, 0.4) is 0 Å². The molecular weight excluding hydrogens is 352 g/mol. The number of aromatic nitrogens is 1. The largest absolute Gasteiger partial charge is 0.497 e. The molecule has 1 aliphatic rings. The highest BCUT2D eigenvalue weighted by Gasteiger charge is 2.15. The molecule has 148 valence electrons. The summed E-state index contributed by atoms with van der Waals surface area (Å²) in [5.41, 5.74) is 5.45. The van der Waals surface area contributed by atoms with Crippen LogP contribution in [0.25, 0.3) is 11.8 Å². The van der Waals surface area contributed by atoms with E-state index in [0.717, 1.165) is 22.7 Å². The molecule has 0 radical (unpaired) electrons. The van der Waals surface area contributed by atoms with Crippen LogP contribution in [0.2, 0.25) is 0 Å². The van der Waals surface area contributed by atoms with Crippen LogP contribution in [0.1, 0.15) is 38.8 Å². The Hall–Kier alpha value is -3.04. The second-order valence-electron chi connectivity index (χ2n) is 6.47. The third kappa shape index (κ3) is 4.62. The molecule has 1 aliphatic carbocycles. The van der Waals surface area contributed by atoms with Gasteiger partial charge in [0.15, 0.2) is 0 Å². The fourth-order valence-electron chi connectivity index (χ4n) is 2.98. The van der Waals surface area contributed by atoms with Crippen molar-refractivity contribution >= 4 is 23.5 Å². The smallest absolute Gasteiger partial charge is 0.356 e. The van der Waals surface area contributed by atoms with Crippen molar-refractivity contribution in [3.05, 3.63) is 64.7 Å². The Bertz CT molecular complexity index is 999. The Morgan fingerprint density at radius 2 is 2.18 bits per heavy atom. The maximum absolute atomic E-state index is 11.9. The number of esters is 1. The van der Waals surface area contributed by atoms with E-state index in [2.05, 4.69) is 41.8 Å². The highest BCUT2D eigenvalue weighted by Crippen LogP contribution is 2.17. The average molecular weight is 380 g/mol. The lowest BCUT2D eigenvalue weighted by molar-refractivity contribution is -0.136.